The van der Waals surface area contributed by atoms with Gasteiger partial charge in [0.15, 0.2) is 5.78 Å². The van der Waals surface area contributed by atoms with Gasteiger partial charge in [-0.25, -0.2) is 8.42 Å². The molecule has 3 rings (SSSR count). The minimum absolute atomic E-state index is 0.0995. The topological polar surface area (TPSA) is 54.5 Å². The van der Waals surface area contributed by atoms with Crippen LogP contribution in [0, 0.1) is 5.92 Å². The number of halogens is 2. The molecule has 132 valence electrons. The van der Waals surface area contributed by atoms with Crippen molar-refractivity contribution >= 4 is 47.7 Å². The van der Waals surface area contributed by atoms with Crippen LogP contribution in [0.1, 0.15) is 23.2 Å². The Kier molecular flexibility index (Phi) is 5.78. The van der Waals surface area contributed by atoms with E-state index in [0.29, 0.717) is 36.0 Å². The highest BCUT2D eigenvalue weighted by molar-refractivity contribution is 9.11. The zero-order valence-electron chi connectivity index (χ0n) is 13.4. The van der Waals surface area contributed by atoms with Crippen LogP contribution in [0.5, 0.6) is 0 Å². The van der Waals surface area contributed by atoms with Crippen LogP contribution in [0.15, 0.2) is 62.4 Å². The van der Waals surface area contributed by atoms with Crippen LogP contribution >= 0.6 is 31.9 Å². The summed E-state index contributed by atoms with van der Waals surface area (Å²) in [6.07, 6.45) is 1.09. The van der Waals surface area contributed by atoms with Crippen LogP contribution in [0.4, 0.5) is 0 Å². The van der Waals surface area contributed by atoms with E-state index >= 15 is 0 Å². The van der Waals surface area contributed by atoms with Gasteiger partial charge in [-0.05, 0) is 47.0 Å². The Bertz CT molecular complexity index is 876. The molecule has 1 saturated heterocycles. The molecule has 0 aromatic heterocycles. The van der Waals surface area contributed by atoms with Gasteiger partial charge in [-0.3, -0.25) is 4.79 Å². The van der Waals surface area contributed by atoms with Crippen molar-refractivity contribution in [3.05, 3.63) is 63.0 Å². The van der Waals surface area contributed by atoms with Crippen LogP contribution in [0.3, 0.4) is 0 Å². The lowest BCUT2D eigenvalue weighted by Crippen LogP contribution is -2.40. The predicted molar refractivity (Wildman–Crippen MR) is 104 cm³/mol. The first-order chi connectivity index (χ1) is 11.9. The molecule has 1 aliphatic heterocycles. The Morgan fingerprint density at radius 3 is 2.24 bits per heavy atom. The Morgan fingerprint density at radius 1 is 1.00 bits per heavy atom. The number of hydrogen-bond acceptors (Lipinski definition) is 3. The summed E-state index contributed by atoms with van der Waals surface area (Å²) in [7, 11) is -3.57. The third-order valence-corrected chi connectivity index (χ3v) is 7.76. The third kappa shape index (κ3) is 4.05. The van der Waals surface area contributed by atoms with Gasteiger partial charge in [0.1, 0.15) is 0 Å². The normalized spacial score (nSPS) is 16.7. The van der Waals surface area contributed by atoms with E-state index in [1.54, 1.807) is 18.2 Å². The molecule has 1 heterocycles. The SMILES string of the molecule is O=C(c1ccccc1)C1CCN(S(=O)(=O)c2ccc(Br)cc2Br)CC1. The van der Waals surface area contributed by atoms with Crippen molar-refractivity contribution < 1.29 is 13.2 Å². The lowest BCUT2D eigenvalue weighted by atomic mass is 9.90. The molecule has 7 heteroatoms. The highest BCUT2D eigenvalue weighted by atomic mass is 79.9. The Balaban J connectivity index is 1.72. The predicted octanol–water partition coefficient (Wildman–Crippen LogP) is 4.50. The molecule has 1 aliphatic rings. The minimum Gasteiger partial charge on any atom is -0.294 e. The number of carbonyl (C=O) groups is 1. The summed E-state index contributed by atoms with van der Waals surface area (Å²) in [6.45, 7) is 0.710. The highest BCUT2D eigenvalue weighted by Gasteiger charge is 2.33. The summed E-state index contributed by atoms with van der Waals surface area (Å²) in [5, 5.41) is 0. The molecular formula is C18H17Br2NO3S. The van der Waals surface area contributed by atoms with E-state index in [1.165, 1.54) is 4.31 Å². The number of hydrogen-bond donors (Lipinski definition) is 0. The number of sulfonamides is 1. The highest BCUT2D eigenvalue weighted by Crippen LogP contribution is 2.31. The summed E-state index contributed by atoms with van der Waals surface area (Å²) < 4.78 is 28.5. The number of Topliss-reactive ketones (excluding diaryl/α,β-unsaturated/α-hetero) is 1. The van der Waals surface area contributed by atoms with Crippen molar-refractivity contribution in [2.24, 2.45) is 5.92 Å². The second kappa shape index (κ2) is 7.70. The van der Waals surface area contributed by atoms with Gasteiger partial charge in [-0.2, -0.15) is 4.31 Å². The number of piperidine rings is 1. The van der Waals surface area contributed by atoms with Crippen LogP contribution in [-0.4, -0.2) is 31.6 Å². The van der Waals surface area contributed by atoms with Crippen molar-refractivity contribution in [1.82, 2.24) is 4.31 Å². The molecule has 0 aliphatic carbocycles. The van der Waals surface area contributed by atoms with Crippen LogP contribution in [0.25, 0.3) is 0 Å². The molecule has 0 atom stereocenters. The van der Waals surface area contributed by atoms with E-state index in [4.69, 9.17) is 0 Å². The summed E-state index contributed by atoms with van der Waals surface area (Å²) in [5.41, 5.74) is 0.694. The standard InChI is InChI=1S/C18H17Br2NO3S/c19-15-6-7-17(16(20)12-15)25(23,24)21-10-8-14(9-11-21)18(22)13-4-2-1-3-5-13/h1-7,12,14H,8-11H2. The first kappa shape index (κ1) is 18.8. The first-order valence-corrected chi connectivity index (χ1v) is 11.0. The molecule has 0 N–H and O–H groups in total. The van der Waals surface area contributed by atoms with Gasteiger partial charge in [0.05, 0.1) is 4.90 Å². The zero-order chi connectivity index (χ0) is 18.0. The van der Waals surface area contributed by atoms with Gasteiger partial charge < -0.3 is 0 Å². The second-order valence-corrected chi connectivity index (χ2v) is 9.66. The van der Waals surface area contributed by atoms with Gasteiger partial charge in [0, 0.05) is 33.5 Å². The fourth-order valence-corrected chi connectivity index (χ4v) is 6.20. The fraction of sp³-hybridized carbons (Fsp3) is 0.278. The van der Waals surface area contributed by atoms with E-state index in [-0.39, 0.29) is 16.6 Å². The van der Waals surface area contributed by atoms with E-state index in [0.717, 1.165) is 4.47 Å². The average Bonchev–Trinajstić information content (AvgIpc) is 2.61. The number of ketones is 1. The van der Waals surface area contributed by atoms with Crippen molar-refractivity contribution in [3.8, 4) is 0 Å². The Hall–Kier alpha value is -1.02. The Labute approximate surface area is 164 Å². The summed E-state index contributed by atoms with van der Waals surface area (Å²) >= 11 is 6.65. The van der Waals surface area contributed by atoms with Gasteiger partial charge >= 0.3 is 0 Å². The van der Waals surface area contributed by atoms with Gasteiger partial charge in [-0.15, -0.1) is 0 Å². The maximum absolute atomic E-state index is 12.9. The Morgan fingerprint density at radius 2 is 1.64 bits per heavy atom. The minimum atomic E-state index is -3.57. The molecule has 2 aromatic rings. The van der Waals surface area contributed by atoms with Crippen LogP contribution in [-0.2, 0) is 10.0 Å². The van der Waals surface area contributed by atoms with Crippen molar-refractivity contribution in [2.45, 2.75) is 17.7 Å². The van der Waals surface area contributed by atoms with E-state index in [2.05, 4.69) is 31.9 Å². The molecule has 0 radical (unpaired) electrons. The van der Waals surface area contributed by atoms with Crippen molar-refractivity contribution in [2.75, 3.05) is 13.1 Å². The largest absolute Gasteiger partial charge is 0.294 e. The molecule has 2 aromatic carbocycles. The first-order valence-electron chi connectivity index (χ1n) is 7.94. The number of benzene rings is 2. The van der Waals surface area contributed by atoms with Crippen molar-refractivity contribution in [1.29, 1.82) is 0 Å². The molecule has 0 spiro atoms. The quantitative estimate of drug-likeness (QED) is 0.598. The molecule has 0 amide bonds. The fourth-order valence-electron chi connectivity index (χ4n) is 3.02. The van der Waals surface area contributed by atoms with E-state index in [1.807, 2.05) is 30.3 Å². The smallest absolute Gasteiger partial charge is 0.244 e. The molecule has 1 fully saturated rings. The lowest BCUT2D eigenvalue weighted by Gasteiger charge is -2.30. The second-order valence-electron chi connectivity index (χ2n) is 5.98. The van der Waals surface area contributed by atoms with E-state index < -0.39 is 10.0 Å². The van der Waals surface area contributed by atoms with Crippen molar-refractivity contribution in [3.63, 3.8) is 0 Å². The molecule has 0 bridgehead atoms. The van der Waals surface area contributed by atoms with Gasteiger partial charge in [-0.1, -0.05) is 46.3 Å². The number of nitrogens with zero attached hydrogens (tertiary/aromatic N) is 1. The molecule has 0 saturated carbocycles. The van der Waals surface area contributed by atoms with Crippen LogP contribution in [0.2, 0.25) is 0 Å². The summed E-state index contributed by atoms with van der Waals surface area (Å²) in [4.78, 5) is 12.8. The maximum atomic E-state index is 12.9. The van der Waals surface area contributed by atoms with Crippen LogP contribution < -0.4 is 0 Å². The summed E-state index contributed by atoms with van der Waals surface area (Å²) in [6, 6.07) is 14.2. The molecule has 25 heavy (non-hydrogen) atoms. The number of carbonyl (C=O) groups excluding carboxylic acids is 1. The third-order valence-electron chi connectivity index (χ3n) is 4.39. The lowest BCUT2D eigenvalue weighted by molar-refractivity contribution is 0.0875. The zero-order valence-corrected chi connectivity index (χ0v) is 17.3. The number of rotatable bonds is 4. The van der Waals surface area contributed by atoms with E-state index in [9.17, 15) is 13.2 Å². The molecule has 0 unspecified atom stereocenters. The average molecular weight is 487 g/mol. The molecule has 4 nitrogen and oxygen atoms in total. The molecular weight excluding hydrogens is 470 g/mol. The monoisotopic (exact) mass is 485 g/mol. The van der Waals surface area contributed by atoms with Gasteiger partial charge in [0.25, 0.3) is 0 Å². The van der Waals surface area contributed by atoms with Gasteiger partial charge in [0.2, 0.25) is 10.0 Å². The maximum Gasteiger partial charge on any atom is 0.244 e. The summed E-state index contributed by atoms with van der Waals surface area (Å²) in [5.74, 6) is -0.0234.